The predicted octanol–water partition coefficient (Wildman–Crippen LogP) is 0.819. The molecule has 0 spiro atoms. The molecule has 3 rings (SSSR count). The topological polar surface area (TPSA) is 86.2 Å². The molecule has 0 unspecified atom stereocenters. The van der Waals surface area contributed by atoms with Crippen LogP contribution in [0.4, 0.5) is 0 Å². The van der Waals surface area contributed by atoms with Crippen LogP contribution in [0.5, 0.6) is 0 Å². The predicted molar refractivity (Wildman–Crippen MR) is 69.1 cm³/mol. The summed E-state index contributed by atoms with van der Waals surface area (Å²) in [6.07, 6.45) is 6.90. The number of hydrogen-bond acceptors (Lipinski definition) is 4. The fourth-order valence-electron chi connectivity index (χ4n) is 1.98. The van der Waals surface area contributed by atoms with E-state index in [-0.39, 0.29) is 6.42 Å². The highest BCUT2D eigenvalue weighted by Gasteiger charge is 2.11. The molecule has 3 heterocycles. The molecule has 0 aliphatic carbocycles. The number of fused-ring (bicyclic) bond motifs is 1. The van der Waals surface area contributed by atoms with Gasteiger partial charge < -0.3 is 5.73 Å². The lowest BCUT2D eigenvalue weighted by molar-refractivity contribution is -0.117. The van der Waals surface area contributed by atoms with E-state index in [1.165, 1.54) is 0 Å². The van der Waals surface area contributed by atoms with E-state index in [2.05, 4.69) is 15.1 Å². The van der Waals surface area contributed by atoms with Gasteiger partial charge in [-0.25, -0.2) is 9.50 Å². The quantitative estimate of drug-likeness (QED) is 0.748. The molecule has 0 fully saturated rings. The number of amides is 1. The van der Waals surface area contributed by atoms with Gasteiger partial charge in [-0.15, -0.1) is 0 Å². The van der Waals surface area contributed by atoms with Gasteiger partial charge in [-0.2, -0.15) is 5.10 Å². The molecule has 0 radical (unpaired) electrons. The lowest BCUT2D eigenvalue weighted by atomic mass is 10.2. The number of nitrogens with two attached hydrogens (primary N) is 1. The van der Waals surface area contributed by atoms with Crippen molar-refractivity contribution in [2.75, 3.05) is 0 Å². The largest absolute Gasteiger partial charge is 0.369 e. The van der Waals surface area contributed by atoms with E-state index in [9.17, 15) is 4.79 Å². The van der Waals surface area contributed by atoms with Gasteiger partial charge in [0, 0.05) is 29.7 Å². The molecule has 0 aromatic carbocycles. The molecule has 1 amide bonds. The van der Waals surface area contributed by atoms with Crippen LogP contribution in [-0.2, 0) is 11.2 Å². The normalized spacial score (nSPS) is 10.7. The SMILES string of the molecule is NC(=O)Cc1cnn2c(-c3cccnc3)ccnc12. The van der Waals surface area contributed by atoms with Crippen molar-refractivity contribution in [1.82, 2.24) is 19.6 Å². The van der Waals surface area contributed by atoms with Gasteiger partial charge in [0.1, 0.15) is 0 Å². The minimum atomic E-state index is -0.400. The number of carbonyl (C=O) groups excluding carboxylic acids is 1. The molecule has 0 atom stereocenters. The Balaban J connectivity index is 2.18. The fourth-order valence-corrected chi connectivity index (χ4v) is 1.98. The number of rotatable bonds is 3. The molecule has 0 aliphatic heterocycles. The third kappa shape index (κ3) is 2.03. The second-order valence-electron chi connectivity index (χ2n) is 4.12. The Morgan fingerprint density at radius 1 is 1.26 bits per heavy atom. The van der Waals surface area contributed by atoms with E-state index in [4.69, 9.17) is 5.73 Å². The maximum atomic E-state index is 11.0. The zero-order chi connectivity index (χ0) is 13.2. The van der Waals surface area contributed by atoms with Crippen molar-refractivity contribution >= 4 is 11.6 Å². The van der Waals surface area contributed by atoms with Crippen molar-refractivity contribution in [2.45, 2.75) is 6.42 Å². The first kappa shape index (κ1) is 11.3. The molecule has 0 saturated carbocycles. The third-order valence-electron chi connectivity index (χ3n) is 2.80. The lowest BCUT2D eigenvalue weighted by Gasteiger charge is -2.04. The van der Waals surface area contributed by atoms with E-state index < -0.39 is 5.91 Å². The maximum Gasteiger partial charge on any atom is 0.222 e. The number of aromatic nitrogens is 4. The van der Waals surface area contributed by atoms with Crippen LogP contribution in [0, 0.1) is 0 Å². The first-order valence-electron chi connectivity index (χ1n) is 5.76. The Morgan fingerprint density at radius 3 is 2.89 bits per heavy atom. The number of pyridine rings is 1. The van der Waals surface area contributed by atoms with E-state index in [1.807, 2.05) is 18.2 Å². The van der Waals surface area contributed by atoms with E-state index in [1.54, 1.807) is 29.3 Å². The van der Waals surface area contributed by atoms with Crippen LogP contribution in [-0.4, -0.2) is 25.5 Å². The zero-order valence-electron chi connectivity index (χ0n) is 10.0. The van der Waals surface area contributed by atoms with Crippen molar-refractivity contribution < 1.29 is 4.79 Å². The van der Waals surface area contributed by atoms with Crippen LogP contribution in [0.15, 0.2) is 43.0 Å². The Bertz CT molecular complexity index is 735. The summed E-state index contributed by atoms with van der Waals surface area (Å²) < 4.78 is 1.69. The average molecular weight is 253 g/mol. The van der Waals surface area contributed by atoms with Gasteiger partial charge in [0.25, 0.3) is 0 Å². The molecule has 94 valence electrons. The lowest BCUT2D eigenvalue weighted by Crippen LogP contribution is -2.13. The summed E-state index contributed by atoms with van der Waals surface area (Å²) in [5.74, 6) is -0.400. The van der Waals surface area contributed by atoms with Gasteiger partial charge in [-0.1, -0.05) is 0 Å². The number of nitrogens with zero attached hydrogens (tertiary/aromatic N) is 4. The van der Waals surface area contributed by atoms with Gasteiger partial charge in [0.05, 0.1) is 18.3 Å². The Hall–Kier alpha value is -2.76. The molecular formula is C13H11N5O. The van der Waals surface area contributed by atoms with Crippen LogP contribution in [0.2, 0.25) is 0 Å². The van der Waals surface area contributed by atoms with Crippen LogP contribution in [0.25, 0.3) is 16.9 Å². The molecule has 19 heavy (non-hydrogen) atoms. The Kier molecular flexibility index (Phi) is 2.68. The Labute approximate surface area is 108 Å². The number of carbonyl (C=O) groups is 1. The maximum absolute atomic E-state index is 11.0. The summed E-state index contributed by atoms with van der Waals surface area (Å²) in [5.41, 5.74) is 8.37. The van der Waals surface area contributed by atoms with Crippen molar-refractivity contribution in [2.24, 2.45) is 5.73 Å². The van der Waals surface area contributed by atoms with Crippen molar-refractivity contribution in [1.29, 1.82) is 0 Å². The first-order valence-corrected chi connectivity index (χ1v) is 5.76. The number of primary amides is 1. The molecule has 3 aromatic rings. The second-order valence-corrected chi connectivity index (χ2v) is 4.12. The summed E-state index contributed by atoms with van der Waals surface area (Å²) in [4.78, 5) is 19.4. The molecule has 6 heteroatoms. The highest BCUT2D eigenvalue weighted by Crippen LogP contribution is 2.19. The number of hydrogen-bond donors (Lipinski definition) is 1. The molecular weight excluding hydrogens is 242 g/mol. The van der Waals surface area contributed by atoms with Crippen LogP contribution in [0.1, 0.15) is 5.56 Å². The average Bonchev–Trinajstić information content (AvgIpc) is 2.82. The van der Waals surface area contributed by atoms with E-state index in [0.717, 1.165) is 16.8 Å². The summed E-state index contributed by atoms with van der Waals surface area (Å²) in [6, 6.07) is 5.65. The van der Waals surface area contributed by atoms with E-state index >= 15 is 0 Å². The molecule has 0 aliphatic rings. The standard InChI is InChI=1S/C13H11N5O/c14-12(19)6-10-8-17-18-11(3-5-16-13(10)18)9-2-1-4-15-7-9/h1-5,7-8H,6H2,(H2,14,19). The van der Waals surface area contributed by atoms with Gasteiger partial charge in [0.2, 0.25) is 5.91 Å². The highest BCUT2D eigenvalue weighted by atomic mass is 16.1. The van der Waals surface area contributed by atoms with Gasteiger partial charge in [0.15, 0.2) is 5.65 Å². The van der Waals surface area contributed by atoms with Crippen LogP contribution >= 0.6 is 0 Å². The van der Waals surface area contributed by atoms with Gasteiger partial charge in [-0.05, 0) is 18.2 Å². The summed E-state index contributed by atoms with van der Waals surface area (Å²) in [5, 5.41) is 4.27. The van der Waals surface area contributed by atoms with Crippen LogP contribution < -0.4 is 5.73 Å². The van der Waals surface area contributed by atoms with Crippen molar-refractivity contribution in [3.63, 3.8) is 0 Å². The summed E-state index contributed by atoms with van der Waals surface area (Å²) in [6.45, 7) is 0. The van der Waals surface area contributed by atoms with Crippen LogP contribution in [0.3, 0.4) is 0 Å². The second kappa shape index (κ2) is 4.49. The van der Waals surface area contributed by atoms with E-state index in [0.29, 0.717) is 5.65 Å². The molecule has 0 bridgehead atoms. The molecule has 6 nitrogen and oxygen atoms in total. The summed E-state index contributed by atoms with van der Waals surface area (Å²) in [7, 11) is 0. The minimum Gasteiger partial charge on any atom is -0.369 e. The third-order valence-corrected chi connectivity index (χ3v) is 2.80. The minimum absolute atomic E-state index is 0.132. The van der Waals surface area contributed by atoms with Crippen molar-refractivity contribution in [3.05, 3.63) is 48.5 Å². The fraction of sp³-hybridized carbons (Fsp3) is 0.0769. The smallest absolute Gasteiger partial charge is 0.222 e. The summed E-state index contributed by atoms with van der Waals surface area (Å²) >= 11 is 0. The van der Waals surface area contributed by atoms with Gasteiger partial charge >= 0.3 is 0 Å². The molecule has 3 aromatic heterocycles. The first-order chi connectivity index (χ1) is 9.25. The zero-order valence-corrected chi connectivity index (χ0v) is 10.0. The highest BCUT2D eigenvalue weighted by molar-refractivity contribution is 5.79. The monoisotopic (exact) mass is 253 g/mol. The Morgan fingerprint density at radius 2 is 2.16 bits per heavy atom. The van der Waals surface area contributed by atoms with Crippen molar-refractivity contribution in [3.8, 4) is 11.3 Å². The van der Waals surface area contributed by atoms with Gasteiger partial charge in [-0.3, -0.25) is 9.78 Å². The molecule has 0 saturated heterocycles. The molecule has 2 N–H and O–H groups in total.